The summed E-state index contributed by atoms with van der Waals surface area (Å²) in [5.74, 6) is -0.819. The van der Waals surface area contributed by atoms with E-state index in [0.29, 0.717) is 6.42 Å². The molecule has 0 aromatic heterocycles. The Balaban J connectivity index is 3.84. The maximum atomic E-state index is 12.8. The van der Waals surface area contributed by atoms with Crippen molar-refractivity contribution in [3.8, 4) is 0 Å². The fourth-order valence-corrected chi connectivity index (χ4v) is 10.8. The maximum absolute atomic E-state index is 12.8. The number of ether oxygens (including phenoxy) is 2. The number of unbranched alkanes of at least 4 members (excludes halogenated alkanes) is 35. The predicted molar refractivity (Wildman–Crippen MR) is 367 cm³/mol. The van der Waals surface area contributed by atoms with Gasteiger partial charge in [0.25, 0.3) is 0 Å². The molecule has 9 nitrogen and oxygen atoms in total. The van der Waals surface area contributed by atoms with E-state index in [9.17, 15) is 19.0 Å². The topological polar surface area (TPSA) is 134 Å². The molecular formula is C75H132NO8P. The van der Waals surface area contributed by atoms with Crippen molar-refractivity contribution in [2.24, 2.45) is 5.73 Å². The zero-order chi connectivity index (χ0) is 61.6. The van der Waals surface area contributed by atoms with Gasteiger partial charge in [0, 0.05) is 19.4 Å². The number of hydrogen-bond acceptors (Lipinski definition) is 8. The Morgan fingerprint density at radius 3 is 0.906 bits per heavy atom. The molecule has 0 amide bonds. The van der Waals surface area contributed by atoms with Crippen LogP contribution in [0.25, 0.3) is 0 Å². The van der Waals surface area contributed by atoms with Gasteiger partial charge in [-0.2, -0.15) is 0 Å². The summed E-state index contributed by atoms with van der Waals surface area (Å²) < 4.78 is 33.2. The van der Waals surface area contributed by atoms with E-state index in [-0.39, 0.29) is 38.6 Å². The number of phosphoric ester groups is 1. The van der Waals surface area contributed by atoms with Crippen molar-refractivity contribution < 1.29 is 37.6 Å². The van der Waals surface area contributed by atoms with Crippen LogP contribution in [0.4, 0.5) is 0 Å². The smallest absolute Gasteiger partial charge is 0.462 e. The van der Waals surface area contributed by atoms with Gasteiger partial charge in [0.1, 0.15) is 6.61 Å². The molecule has 0 bridgehead atoms. The molecule has 0 aliphatic heterocycles. The quantitative estimate of drug-likeness (QED) is 0.0264. The first kappa shape index (κ1) is 81.7. The summed E-state index contributed by atoms with van der Waals surface area (Å²) in [6.07, 6.45) is 96.2. The normalized spacial score (nSPS) is 13.6. The van der Waals surface area contributed by atoms with Crippen molar-refractivity contribution in [2.45, 2.75) is 328 Å². The number of phosphoric acid groups is 1. The molecule has 85 heavy (non-hydrogen) atoms. The SMILES string of the molecule is CC/C=C\C/C=C\C/C=C\C/C=C\C/C=C\CCCCCCCCCCCCCCCC(=O)OC(COC(=O)CCCCCCCCCCCCCCCCCCCCCCCC/C=C\C/C=C\C/C=C\C/C=C\CC)COP(=O)(O)OCCN. The minimum absolute atomic E-state index is 0.0510. The van der Waals surface area contributed by atoms with Gasteiger partial charge in [-0.15, -0.1) is 0 Å². The summed E-state index contributed by atoms with van der Waals surface area (Å²) in [6.45, 7) is 3.55. The maximum Gasteiger partial charge on any atom is 0.472 e. The molecule has 2 unspecified atom stereocenters. The Kier molecular flexibility index (Phi) is 67.0. The fraction of sp³-hybridized carbons (Fsp3) is 0.733. The van der Waals surface area contributed by atoms with E-state index >= 15 is 0 Å². The summed E-state index contributed by atoms with van der Waals surface area (Å²) >= 11 is 0. The summed E-state index contributed by atoms with van der Waals surface area (Å²) in [5.41, 5.74) is 5.40. The van der Waals surface area contributed by atoms with Gasteiger partial charge in [0.15, 0.2) is 6.10 Å². The highest BCUT2D eigenvalue weighted by Gasteiger charge is 2.26. The molecule has 0 saturated carbocycles. The van der Waals surface area contributed by atoms with Crippen molar-refractivity contribution in [3.63, 3.8) is 0 Å². The van der Waals surface area contributed by atoms with Crippen LogP contribution in [0, 0.1) is 0 Å². The van der Waals surface area contributed by atoms with E-state index in [2.05, 4.69) is 123 Å². The van der Waals surface area contributed by atoms with Gasteiger partial charge in [-0.1, -0.05) is 322 Å². The van der Waals surface area contributed by atoms with Crippen molar-refractivity contribution >= 4 is 19.8 Å². The molecule has 0 fully saturated rings. The largest absolute Gasteiger partial charge is 0.472 e. The minimum atomic E-state index is -4.40. The number of carbonyl (C=O) groups is 2. The third-order valence-corrected chi connectivity index (χ3v) is 16.1. The van der Waals surface area contributed by atoms with Crippen LogP contribution in [0.1, 0.15) is 322 Å². The molecule has 0 aliphatic rings. The Morgan fingerprint density at radius 2 is 0.612 bits per heavy atom. The number of allylic oxidation sites excluding steroid dienone is 18. The minimum Gasteiger partial charge on any atom is -0.462 e. The lowest BCUT2D eigenvalue weighted by Gasteiger charge is -2.19. The molecule has 0 aliphatic carbocycles. The van der Waals surface area contributed by atoms with E-state index in [0.717, 1.165) is 96.3 Å². The summed E-state index contributed by atoms with van der Waals surface area (Å²) in [7, 11) is -4.40. The molecule has 2 atom stereocenters. The van der Waals surface area contributed by atoms with Gasteiger partial charge in [-0.3, -0.25) is 18.6 Å². The van der Waals surface area contributed by atoms with Gasteiger partial charge in [0.05, 0.1) is 13.2 Å². The van der Waals surface area contributed by atoms with E-state index in [1.165, 1.54) is 193 Å². The lowest BCUT2D eigenvalue weighted by atomic mass is 10.0. The molecule has 0 heterocycles. The monoisotopic (exact) mass is 1210 g/mol. The van der Waals surface area contributed by atoms with Crippen LogP contribution in [0.5, 0.6) is 0 Å². The van der Waals surface area contributed by atoms with Gasteiger partial charge < -0.3 is 20.1 Å². The second-order valence-electron chi connectivity index (χ2n) is 23.3. The molecule has 0 aromatic rings. The lowest BCUT2D eigenvalue weighted by molar-refractivity contribution is -0.161. The molecule has 0 aromatic carbocycles. The fourth-order valence-electron chi connectivity index (χ4n) is 10.0. The van der Waals surface area contributed by atoms with Crippen LogP contribution in [0.15, 0.2) is 109 Å². The first-order chi connectivity index (χ1) is 41.8. The third-order valence-electron chi connectivity index (χ3n) is 15.2. The van der Waals surface area contributed by atoms with Crippen LogP contribution < -0.4 is 5.73 Å². The van der Waals surface area contributed by atoms with E-state index in [1.54, 1.807) is 0 Å². The first-order valence-electron chi connectivity index (χ1n) is 35.4. The van der Waals surface area contributed by atoms with Gasteiger partial charge in [-0.25, -0.2) is 4.57 Å². The zero-order valence-electron chi connectivity index (χ0n) is 55.1. The Bertz CT molecular complexity index is 1760. The molecule has 490 valence electrons. The van der Waals surface area contributed by atoms with Crippen molar-refractivity contribution in [1.82, 2.24) is 0 Å². The van der Waals surface area contributed by atoms with E-state index < -0.39 is 26.5 Å². The predicted octanol–water partition coefficient (Wildman–Crippen LogP) is 23.3. The zero-order valence-corrected chi connectivity index (χ0v) is 56.0. The standard InChI is InChI=1S/C75H132NO8P/c1-3-5-7-9-11-13-15-17-19-21-23-25-27-29-31-33-34-35-36-37-38-40-41-43-45-47-49-51-53-55-57-59-61-63-65-67-74(77)81-71-73(72-83-85(79,80)82-70-69-76)84-75(78)68-66-64-62-60-58-56-54-52-50-48-46-44-42-39-32-30-28-26-24-22-20-18-16-14-12-10-8-6-4-2/h5-8,11-14,17-20,23-26,30,32,73H,3-4,9-10,15-16,21-22,27-29,31,33-72,76H2,1-2H3,(H,79,80)/b7-5-,8-6-,13-11-,14-12-,19-17-,20-18-,25-23-,26-24-,32-30-. The molecular weight excluding hydrogens is 1070 g/mol. The summed E-state index contributed by atoms with van der Waals surface area (Å²) in [6, 6.07) is 0. The average molecular weight is 1210 g/mol. The molecule has 10 heteroatoms. The van der Waals surface area contributed by atoms with Crippen molar-refractivity contribution in [1.29, 1.82) is 0 Å². The number of nitrogens with two attached hydrogens (primary N) is 1. The van der Waals surface area contributed by atoms with Gasteiger partial charge in [-0.05, 0) is 96.3 Å². The first-order valence-corrected chi connectivity index (χ1v) is 36.9. The second kappa shape index (κ2) is 69.8. The van der Waals surface area contributed by atoms with Crippen LogP contribution in [-0.4, -0.2) is 49.3 Å². The third kappa shape index (κ3) is 69.6. The van der Waals surface area contributed by atoms with E-state index in [1.807, 2.05) is 0 Å². The van der Waals surface area contributed by atoms with Crippen molar-refractivity contribution in [3.05, 3.63) is 109 Å². The lowest BCUT2D eigenvalue weighted by Crippen LogP contribution is -2.29. The summed E-state index contributed by atoms with van der Waals surface area (Å²) in [4.78, 5) is 35.4. The van der Waals surface area contributed by atoms with Crippen LogP contribution >= 0.6 is 7.82 Å². The van der Waals surface area contributed by atoms with E-state index in [4.69, 9.17) is 24.3 Å². The Hall–Kier alpha value is -3.33. The second-order valence-corrected chi connectivity index (χ2v) is 24.8. The van der Waals surface area contributed by atoms with Crippen LogP contribution in [0.3, 0.4) is 0 Å². The van der Waals surface area contributed by atoms with Gasteiger partial charge in [0.2, 0.25) is 0 Å². The molecule has 0 rings (SSSR count). The highest BCUT2D eigenvalue weighted by atomic mass is 31.2. The summed E-state index contributed by atoms with van der Waals surface area (Å²) in [5, 5.41) is 0. The number of carbonyl (C=O) groups excluding carboxylic acids is 2. The highest BCUT2D eigenvalue weighted by Crippen LogP contribution is 2.43. The Labute approximate surface area is 524 Å². The van der Waals surface area contributed by atoms with Gasteiger partial charge >= 0.3 is 19.8 Å². The molecule has 3 N–H and O–H groups in total. The number of esters is 2. The van der Waals surface area contributed by atoms with Crippen molar-refractivity contribution in [2.75, 3.05) is 26.4 Å². The number of hydrogen-bond donors (Lipinski definition) is 2. The Morgan fingerprint density at radius 1 is 0.353 bits per heavy atom. The molecule has 0 radical (unpaired) electrons. The van der Waals surface area contributed by atoms with Crippen LogP contribution in [-0.2, 0) is 32.7 Å². The number of rotatable bonds is 66. The average Bonchev–Trinajstić information content (AvgIpc) is 3.52. The highest BCUT2D eigenvalue weighted by molar-refractivity contribution is 7.47. The van der Waals surface area contributed by atoms with Crippen LogP contribution in [0.2, 0.25) is 0 Å². The molecule has 0 spiro atoms. The molecule has 0 saturated heterocycles.